The molecular formula is C17H15F3N2O3. The Morgan fingerprint density at radius 1 is 1.08 bits per heavy atom. The lowest BCUT2D eigenvalue weighted by Crippen LogP contribution is -2.21. The predicted molar refractivity (Wildman–Crippen MR) is 85.4 cm³/mol. The zero-order valence-corrected chi connectivity index (χ0v) is 13.2. The van der Waals surface area contributed by atoms with E-state index in [1.165, 1.54) is 13.1 Å². The molecule has 25 heavy (non-hydrogen) atoms. The second kappa shape index (κ2) is 7.69. The molecule has 0 aliphatic heterocycles. The van der Waals surface area contributed by atoms with E-state index in [9.17, 15) is 22.8 Å². The maximum Gasteiger partial charge on any atom is 0.416 e. The Bertz CT molecular complexity index is 758. The van der Waals surface area contributed by atoms with Gasteiger partial charge in [0.15, 0.2) is 6.61 Å². The lowest BCUT2D eigenvalue weighted by Gasteiger charge is -2.10. The second-order valence-electron chi connectivity index (χ2n) is 5.02. The van der Waals surface area contributed by atoms with Gasteiger partial charge in [0.2, 0.25) is 0 Å². The number of alkyl halides is 3. The van der Waals surface area contributed by atoms with Crippen LogP contribution in [0.4, 0.5) is 18.9 Å². The molecule has 0 heterocycles. The summed E-state index contributed by atoms with van der Waals surface area (Å²) in [4.78, 5) is 23.4. The van der Waals surface area contributed by atoms with Crippen LogP contribution in [0.2, 0.25) is 0 Å². The van der Waals surface area contributed by atoms with Crippen LogP contribution in [0.5, 0.6) is 5.75 Å². The van der Waals surface area contributed by atoms with Crippen molar-refractivity contribution in [2.45, 2.75) is 6.18 Å². The summed E-state index contributed by atoms with van der Waals surface area (Å²) in [7, 11) is 1.49. The molecule has 0 bridgehead atoms. The second-order valence-corrected chi connectivity index (χ2v) is 5.02. The average Bonchev–Trinajstić information content (AvgIpc) is 2.59. The average molecular weight is 352 g/mol. The van der Waals surface area contributed by atoms with E-state index in [4.69, 9.17) is 4.74 Å². The molecule has 0 aliphatic carbocycles. The standard InChI is InChI=1S/C17H15F3N2O3/c1-21-16(24)11-3-2-4-13(9-11)22-15(23)10-25-14-7-5-12(6-8-14)17(18,19)20/h2-9H,10H2,1H3,(H,21,24)(H,22,23). The number of benzene rings is 2. The third kappa shape index (κ3) is 5.23. The van der Waals surface area contributed by atoms with Crippen LogP contribution < -0.4 is 15.4 Å². The number of rotatable bonds is 5. The van der Waals surface area contributed by atoms with Gasteiger partial charge < -0.3 is 15.4 Å². The zero-order chi connectivity index (χ0) is 18.4. The van der Waals surface area contributed by atoms with E-state index < -0.39 is 17.6 Å². The van der Waals surface area contributed by atoms with Gasteiger partial charge in [-0.3, -0.25) is 9.59 Å². The van der Waals surface area contributed by atoms with Gasteiger partial charge in [0.1, 0.15) is 5.75 Å². The van der Waals surface area contributed by atoms with Gasteiger partial charge in [0.25, 0.3) is 11.8 Å². The van der Waals surface area contributed by atoms with Crippen molar-refractivity contribution in [3.8, 4) is 5.75 Å². The highest BCUT2D eigenvalue weighted by Crippen LogP contribution is 2.30. The number of nitrogens with one attached hydrogen (secondary N) is 2. The quantitative estimate of drug-likeness (QED) is 0.869. The molecular weight excluding hydrogens is 337 g/mol. The van der Waals surface area contributed by atoms with Gasteiger partial charge >= 0.3 is 6.18 Å². The van der Waals surface area contributed by atoms with Gasteiger partial charge in [-0.05, 0) is 42.5 Å². The third-order valence-electron chi connectivity index (χ3n) is 3.19. The molecule has 2 rings (SSSR count). The first-order valence-corrected chi connectivity index (χ1v) is 7.21. The minimum absolute atomic E-state index is 0.141. The van der Waals surface area contributed by atoms with Crippen molar-refractivity contribution < 1.29 is 27.5 Å². The molecule has 2 N–H and O–H groups in total. The van der Waals surface area contributed by atoms with Crippen LogP contribution in [0.25, 0.3) is 0 Å². The highest BCUT2D eigenvalue weighted by Gasteiger charge is 2.30. The molecule has 0 radical (unpaired) electrons. The molecule has 0 atom stereocenters. The summed E-state index contributed by atoms with van der Waals surface area (Å²) in [5, 5.41) is 5.01. The Hall–Kier alpha value is -3.03. The minimum Gasteiger partial charge on any atom is -0.484 e. The Labute approximate surface area is 141 Å². The number of amides is 2. The van der Waals surface area contributed by atoms with Gasteiger partial charge in [-0.1, -0.05) is 6.07 Å². The summed E-state index contributed by atoms with van der Waals surface area (Å²) in [6.07, 6.45) is -4.42. The highest BCUT2D eigenvalue weighted by atomic mass is 19.4. The Morgan fingerprint density at radius 2 is 1.76 bits per heavy atom. The molecule has 0 fully saturated rings. The van der Waals surface area contributed by atoms with Crippen LogP contribution in [0.15, 0.2) is 48.5 Å². The first-order valence-electron chi connectivity index (χ1n) is 7.21. The number of ether oxygens (including phenoxy) is 1. The van der Waals surface area contributed by atoms with E-state index in [0.29, 0.717) is 11.3 Å². The molecule has 0 aromatic heterocycles. The molecule has 132 valence electrons. The number of anilines is 1. The third-order valence-corrected chi connectivity index (χ3v) is 3.19. The lowest BCUT2D eigenvalue weighted by molar-refractivity contribution is -0.137. The monoisotopic (exact) mass is 352 g/mol. The zero-order valence-electron chi connectivity index (χ0n) is 13.2. The topological polar surface area (TPSA) is 67.4 Å². The van der Waals surface area contributed by atoms with E-state index >= 15 is 0 Å². The van der Waals surface area contributed by atoms with Crippen LogP contribution >= 0.6 is 0 Å². The minimum atomic E-state index is -4.42. The van der Waals surface area contributed by atoms with Gasteiger partial charge in [0, 0.05) is 18.3 Å². The van der Waals surface area contributed by atoms with Crippen molar-refractivity contribution in [2.75, 3.05) is 19.0 Å². The SMILES string of the molecule is CNC(=O)c1cccc(NC(=O)COc2ccc(C(F)(F)F)cc2)c1. The van der Waals surface area contributed by atoms with Crippen molar-refractivity contribution in [1.82, 2.24) is 5.32 Å². The molecule has 2 amide bonds. The summed E-state index contributed by atoms with van der Waals surface area (Å²) in [5.41, 5.74) is -0.0126. The van der Waals surface area contributed by atoms with Crippen molar-refractivity contribution >= 4 is 17.5 Å². The van der Waals surface area contributed by atoms with Crippen molar-refractivity contribution in [1.29, 1.82) is 0 Å². The van der Waals surface area contributed by atoms with Crippen molar-refractivity contribution in [3.05, 3.63) is 59.7 Å². The fraction of sp³-hybridized carbons (Fsp3) is 0.176. The molecule has 0 unspecified atom stereocenters. The highest BCUT2D eigenvalue weighted by molar-refractivity contribution is 5.97. The van der Waals surface area contributed by atoms with E-state index in [2.05, 4.69) is 10.6 Å². The number of carbonyl (C=O) groups excluding carboxylic acids is 2. The number of carbonyl (C=O) groups is 2. The predicted octanol–water partition coefficient (Wildman–Crippen LogP) is 3.08. The van der Waals surface area contributed by atoms with Crippen molar-refractivity contribution in [2.24, 2.45) is 0 Å². The first kappa shape index (κ1) is 18.3. The van der Waals surface area contributed by atoms with Crippen LogP contribution in [0.3, 0.4) is 0 Å². The van der Waals surface area contributed by atoms with Gasteiger partial charge in [-0.25, -0.2) is 0 Å². The van der Waals surface area contributed by atoms with Gasteiger partial charge in [-0.2, -0.15) is 13.2 Å². The Balaban J connectivity index is 1.92. The molecule has 0 saturated heterocycles. The molecule has 0 aliphatic rings. The van der Waals surface area contributed by atoms with Gasteiger partial charge in [0.05, 0.1) is 5.56 Å². The molecule has 2 aromatic carbocycles. The maximum atomic E-state index is 12.5. The largest absolute Gasteiger partial charge is 0.484 e. The van der Waals surface area contributed by atoms with E-state index in [-0.39, 0.29) is 18.3 Å². The summed E-state index contributed by atoms with van der Waals surface area (Å²) in [6, 6.07) is 10.3. The van der Waals surface area contributed by atoms with Gasteiger partial charge in [-0.15, -0.1) is 0 Å². The maximum absolute atomic E-state index is 12.5. The fourth-order valence-corrected chi connectivity index (χ4v) is 1.97. The Morgan fingerprint density at radius 3 is 2.36 bits per heavy atom. The summed E-state index contributed by atoms with van der Waals surface area (Å²) >= 11 is 0. The molecule has 8 heteroatoms. The van der Waals surface area contributed by atoms with Crippen LogP contribution in [-0.4, -0.2) is 25.5 Å². The number of halogens is 3. The van der Waals surface area contributed by atoms with E-state index in [0.717, 1.165) is 24.3 Å². The fourth-order valence-electron chi connectivity index (χ4n) is 1.97. The summed E-state index contributed by atoms with van der Waals surface area (Å²) in [6.45, 7) is -0.379. The number of hydrogen-bond donors (Lipinski definition) is 2. The van der Waals surface area contributed by atoms with Crippen LogP contribution in [0, 0.1) is 0 Å². The summed E-state index contributed by atoms with van der Waals surface area (Å²) in [5.74, 6) is -0.659. The van der Waals surface area contributed by atoms with Crippen molar-refractivity contribution in [3.63, 3.8) is 0 Å². The first-order chi connectivity index (χ1) is 11.8. The normalized spacial score (nSPS) is 10.9. The molecule has 0 saturated carbocycles. The summed E-state index contributed by atoms with van der Waals surface area (Å²) < 4.78 is 42.5. The van der Waals surface area contributed by atoms with E-state index in [1.807, 2.05) is 0 Å². The number of hydrogen-bond acceptors (Lipinski definition) is 3. The Kier molecular flexibility index (Phi) is 5.63. The molecule has 2 aromatic rings. The smallest absolute Gasteiger partial charge is 0.416 e. The van der Waals surface area contributed by atoms with E-state index in [1.54, 1.807) is 18.2 Å². The molecule has 5 nitrogen and oxygen atoms in total. The van der Waals surface area contributed by atoms with Crippen LogP contribution in [-0.2, 0) is 11.0 Å². The lowest BCUT2D eigenvalue weighted by atomic mass is 10.2. The molecule has 0 spiro atoms. The van der Waals surface area contributed by atoms with Crippen LogP contribution in [0.1, 0.15) is 15.9 Å².